The van der Waals surface area contributed by atoms with Gasteiger partial charge in [0.15, 0.2) is 0 Å². The number of para-hydroxylation sites is 2. The van der Waals surface area contributed by atoms with Crippen molar-refractivity contribution in [2.45, 2.75) is 0 Å². The van der Waals surface area contributed by atoms with Crippen LogP contribution in [0.25, 0.3) is 0 Å². The van der Waals surface area contributed by atoms with E-state index in [0.717, 1.165) is 15.9 Å². The van der Waals surface area contributed by atoms with E-state index in [2.05, 4.69) is 4.90 Å². The van der Waals surface area contributed by atoms with E-state index in [1.165, 1.54) is 0 Å². The molecule has 1 heterocycles. The summed E-state index contributed by atoms with van der Waals surface area (Å²) >= 11 is -0.197. The van der Waals surface area contributed by atoms with E-state index in [0.29, 0.717) is 4.44 Å². The summed E-state index contributed by atoms with van der Waals surface area (Å²) in [5, 5.41) is 9.15. The molecule has 0 amide bonds. The molecular formula is C17H13NO2Se. The molecule has 3 rings (SSSR count). The number of hydrogen-bond acceptors (Lipinski definition) is 2. The van der Waals surface area contributed by atoms with Gasteiger partial charge in [-0.3, -0.25) is 0 Å². The molecule has 0 bridgehead atoms. The molecule has 3 aromatic rings. The van der Waals surface area contributed by atoms with Gasteiger partial charge in [0.25, 0.3) is 0 Å². The maximum absolute atomic E-state index is 11.1. The van der Waals surface area contributed by atoms with Gasteiger partial charge < -0.3 is 0 Å². The van der Waals surface area contributed by atoms with E-state index in [4.69, 9.17) is 5.11 Å². The molecule has 1 aromatic heterocycles. The van der Waals surface area contributed by atoms with Gasteiger partial charge in [0, 0.05) is 0 Å². The molecule has 0 aliphatic rings. The van der Waals surface area contributed by atoms with Crippen LogP contribution in [0.5, 0.6) is 0 Å². The minimum atomic E-state index is -0.831. The zero-order valence-corrected chi connectivity index (χ0v) is 12.9. The monoisotopic (exact) mass is 343 g/mol. The Labute approximate surface area is 128 Å². The molecule has 104 valence electrons. The summed E-state index contributed by atoms with van der Waals surface area (Å²) in [5.41, 5.74) is 2.08. The van der Waals surface area contributed by atoms with Gasteiger partial charge in [-0.1, -0.05) is 0 Å². The molecule has 4 heteroatoms. The van der Waals surface area contributed by atoms with E-state index < -0.39 is 5.97 Å². The molecule has 0 spiro atoms. The Balaban J connectivity index is 2.10. The van der Waals surface area contributed by atoms with E-state index in [9.17, 15) is 4.79 Å². The first-order chi connectivity index (χ1) is 10.3. The van der Waals surface area contributed by atoms with Gasteiger partial charge >= 0.3 is 128 Å². The van der Waals surface area contributed by atoms with Crippen molar-refractivity contribution in [1.29, 1.82) is 0 Å². The topological polar surface area (TPSA) is 40.5 Å². The van der Waals surface area contributed by atoms with E-state index in [1.54, 1.807) is 6.07 Å². The van der Waals surface area contributed by atoms with Crippen LogP contribution in [0.4, 0.5) is 15.9 Å². The summed E-state index contributed by atoms with van der Waals surface area (Å²) in [7, 11) is 0. The third-order valence-corrected chi connectivity index (χ3v) is 5.27. The Bertz CT molecular complexity index is 698. The van der Waals surface area contributed by atoms with Crippen LogP contribution in [-0.4, -0.2) is 25.6 Å². The summed E-state index contributed by atoms with van der Waals surface area (Å²) in [6.45, 7) is 0. The molecule has 3 nitrogen and oxygen atoms in total. The fourth-order valence-electron chi connectivity index (χ4n) is 2.12. The molecule has 2 aromatic carbocycles. The molecule has 21 heavy (non-hydrogen) atoms. The number of hydrogen-bond donors (Lipinski definition) is 1. The van der Waals surface area contributed by atoms with Gasteiger partial charge in [-0.05, 0) is 0 Å². The predicted molar refractivity (Wildman–Crippen MR) is 85.0 cm³/mol. The van der Waals surface area contributed by atoms with Crippen LogP contribution < -0.4 is 4.90 Å². The Morgan fingerprint density at radius 1 is 0.810 bits per heavy atom. The van der Waals surface area contributed by atoms with Gasteiger partial charge in [-0.2, -0.15) is 0 Å². The Kier molecular flexibility index (Phi) is 3.91. The Morgan fingerprint density at radius 3 is 1.76 bits per heavy atom. The van der Waals surface area contributed by atoms with E-state index in [-0.39, 0.29) is 14.5 Å². The van der Waals surface area contributed by atoms with Gasteiger partial charge in [-0.15, -0.1) is 0 Å². The number of nitrogens with zero attached hydrogens (tertiary/aromatic N) is 1. The summed E-state index contributed by atoms with van der Waals surface area (Å²) in [6, 6.07) is 23.6. The number of rotatable bonds is 4. The third kappa shape index (κ3) is 2.92. The normalized spacial score (nSPS) is 10.3. The summed E-state index contributed by atoms with van der Waals surface area (Å²) < 4.78 is 1.51. The minimum absolute atomic E-state index is 0.197. The van der Waals surface area contributed by atoms with Crippen molar-refractivity contribution in [1.82, 2.24) is 0 Å². The molecule has 0 radical (unpaired) electrons. The number of carboxylic acid groups (broad SMARTS) is 1. The Morgan fingerprint density at radius 2 is 1.33 bits per heavy atom. The van der Waals surface area contributed by atoms with Crippen molar-refractivity contribution < 1.29 is 9.90 Å². The van der Waals surface area contributed by atoms with Crippen LogP contribution in [-0.2, 0) is 0 Å². The first-order valence-corrected chi connectivity index (χ1v) is 8.20. The summed E-state index contributed by atoms with van der Waals surface area (Å²) in [5.74, 6) is -0.831. The van der Waals surface area contributed by atoms with Gasteiger partial charge in [0.2, 0.25) is 0 Å². The summed E-state index contributed by atoms with van der Waals surface area (Å²) in [6.07, 6.45) is 0. The average Bonchev–Trinajstić information content (AvgIpc) is 3.00. The number of anilines is 3. The number of carboxylic acids is 1. The molecular weight excluding hydrogens is 329 g/mol. The van der Waals surface area contributed by atoms with Gasteiger partial charge in [-0.25, -0.2) is 0 Å². The molecule has 0 unspecified atom stereocenters. The predicted octanol–water partition coefficient (Wildman–Crippen LogP) is 3.91. The zero-order chi connectivity index (χ0) is 14.7. The van der Waals surface area contributed by atoms with Gasteiger partial charge in [0.1, 0.15) is 0 Å². The summed E-state index contributed by atoms with van der Waals surface area (Å²) in [4.78, 5) is 13.3. The fourth-order valence-corrected chi connectivity index (χ4v) is 3.98. The third-order valence-electron chi connectivity index (χ3n) is 3.05. The molecule has 0 atom stereocenters. The fraction of sp³-hybridized carbons (Fsp3) is 0. The zero-order valence-electron chi connectivity index (χ0n) is 11.1. The second-order valence-electron chi connectivity index (χ2n) is 4.45. The van der Waals surface area contributed by atoms with Crippen LogP contribution in [0.15, 0.2) is 72.8 Å². The van der Waals surface area contributed by atoms with Crippen LogP contribution in [0.2, 0.25) is 0 Å². The van der Waals surface area contributed by atoms with E-state index >= 15 is 0 Å². The number of aromatic carboxylic acids is 1. The Hall–Kier alpha value is -2.29. The van der Waals surface area contributed by atoms with Crippen molar-refractivity contribution in [3.8, 4) is 0 Å². The molecule has 0 aliphatic carbocycles. The number of carbonyl (C=O) groups is 1. The van der Waals surface area contributed by atoms with Crippen molar-refractivity contribution >= 4 is 36.4 Å². The van der Waals surface area contributed by atoms with E-state index in [1.807, 2.05) is 66.7 Å². The number of benzene rings is 2. The van der Waals surface area contributed by atoms with Crippen LogP contribution >= 0.6 is 0 Å². The second-order valence-corrected chi connectivity index (χ2v) is 6.68. The SMILES string of the molecule is O=C(O)c1ccc(N(c2ccccc2)c2ccccc2)[se]1. The second kappa shape index (κ2) is 6.00. The van der Waals surface area contributed by atoms with Crippen LogP contribution in [0.1, 0.15) is 9.23 Å². The van der Waals surface area contributed by atoms with Crippen molar-refractivity contribution in [3.63, 3.8) is 0 Å². The molecule has 1 N–H and O–H groups in total. The van der Waals surface area contributed by atoms with Crippen LogP contribution in [0, 0.1) is 0 Å². The molecule has 0 aliphatic heterocycles. The van der Waals surface area contributed by atoms with Crippen molar-refractivity contribution in [2.24, 2.45) is 0 Å². The first-order valence-electron chi connectivity index (χ1n) is 6.49. The maximum atomic E-state index is 11.1. The standard InChI is InChI=1S/C17H13NO2Se/c19-17(20)15-11-12-16(21-15)18(13-7-3-1-4-8-13)14-9-5-2-6-10-14/h1-12H,(H,19,20). The van der Waals surface area contributed by atoms with Crippen molar-refractivity contribution in [2.75, 3.05) is 4.90 Å². The molecule has 0 saturated carbocycles. The first kappa shape index (κ1) is 13.7. The van der Waals surface area contributed by atoms with Crippen LogP contribution in [0.3, 0.4) is 0 Å². The molecule has 0 fully saturated rings. The average molecular weight is 342 g/mol. The quantitative estimate of drug-likeness (QED) is 0.731. The molecule has 0 saturated heterocycles. The van der Waals surface area contributed by atoms with Gasteiger partial charge in [0.05, 0.1) is 0 Å². The van der Waals surface area contributed by atoms with Crippen molar-refractivity contribution in [3.05, 3.63) is 77.2 Å².